The molecule has 5 nitrogen and oxygen atoms in total. The molecule has 0 saturated heterocycles. The Morgan fingerprint density at radius 2 is 1.77 bits per heavy atom. The third kappa shape index (κ3) is 4.17. The van der Waals surface area contributed by atoms with Crippen molar-refractivity contribution in [3.05, 3.63) is 87.7 Å². The van der Waals surface area contributed by atoms with Gasteiger partial charge in [0.15, 0.2) is 0 Å². The first-order valence-electron chi connectivity index (χ1n) is 9.47. The van der Waals surface area contributed by atoms with Crippen LogP contribution in [0.4, 0.5) is 0 Å². The minimum Gasteiger partial charge on any atom is -0.506 e. The van der Waals surface area contributed by atoms with Crippen LogP contribution in [0.2, 0.25) is 5.02 Å². The van der Waals surface area contributed by atoms with Gasteiger partial charge in [0, 0.05) is 17.0 Å². The van der Waals surface area contributed by atoms with Crippen molar-refractivity contribution in [1.29, 1.82) is 0 Å². The Balaban J connectivity index is 1.67. The van der Waals surface area contributed by atoms with Crippen LogP contribution in [0.1, 0.15) is 5.56 Å². The molecule has 0 aliphatic heterocycles. The number of aromatic amines is 1. The first kappa shape index (κ1) is 20.0. The third-order valence-electron chi connectivity index (χ3n) is 4.73. The molecule has 1 aromatic heterocycles. The van der Waals surface area contributed by atoms with Crippen molar-refractivity contribution in [3.63, 3.8) is 0 Å². The summed E-state index contributed by atoms with van der Waals surface area (Å²) in [6.45, 7) is 0.852. The summed E-state index contributed by atoms with van der Waals surface area (Å²) >= 11 is 5.99. The summed E-state index contributed by atoms with van der Waals surface area (Å²) in [6.07, 6.45) is 0. The van der Waals surface area contributed by atoms with E-state index in [2.05, 4.69) is 9.88 Å². The molecule has 0 aliphatic carbocycles. The normalized spacial score (nSPS) is 11.2. The molecule has 6 heteroatoms. The van der Waals surface area contributed by atoms with Gasteiger partial charge in [0.1, 0.15) is 17.2 Å². The van der Waals surface area contributed by atoms with Gasteiger partial charge in [0.05, 0.1) is 11.1 Å². The Kier molecular flexibility index (Phi) is 5.48. The van der Waals surface area contributed by atoms with Crippen LogP contribution < -0.4 is 10.3 Å². The predicted molar refractivity (Wildman–Crippen MR) is 121 cm³/mol. The maximum atomic E-state index is 12.7. The molecule has 0 atom stereocenters. The Labute approximate surface area is 179 Å². The second kappa shape index (κ2) is 8.22. The van der Waals surface area contributed by atoms with E-state index in [-0.39, 0.29) is 11.3 Å². The molecular formula is C24H21ClN2O3. The number of nitrogens with one attached hydrogen (secondary N) is 1. The lowest BCUT2D eigenvalue weighted by molar-refractivity contribution is 0.402. The van der Waals surface area contributed by atoms with E-state index in [0.717, 1.165) is 6.54 Å². The van der Waals surface area contributed by atoms with E-state index in [0.29, 0.717) is 33.0 Å². The van der Waals surface area contributed by atoms with Gasteiger partial charge < -0.3 is 19.7 Å². The van der Waals surface area contributed by atoms with Crippen molar-refractivity contribution in [2.24, 2.45) is 0 Å². The molecule has 0 saturated carbocycles. The van der Waals surface area contributed by atoms with Gasteiger partial charge in [-0.25, -0.2) is 0 Å². The number of hydrogen-bond acceptors (Lipinski definition) is 4. The molecule has 152 valence electrons. The number of H-pyrrole nitrogens is 1. The van der Waals surface area contributed by atoms with Crippen molar-refractivity contribution in [2.45, 2.75) is 6.54 Å². The van der Waals surface area contributed by atoms with Crippen LogP contribution in [0.3, 0.4) is 0 Å². The highest BCUT2D eigenvalue weighted by Gasteiger charge is 2.15. The minimum atomic E-state index is -0.396. The van der Waals surface area contributed by atoms with Crippen LogP contribution in [0.15, 0.2) is 71.5 Å². The molecule has 0 spiro atoms. The zero-order chi connectivity index (χ0) is 21.3. The van der Waals surface area contributed by atoms with E-state index < -0.39 is 5.56 Å². The smallest absolute Gasteiger partial charge is 0.260 e. The molecule has 3 aromatic carbocycles. The number of aromatic hydroxyl groups is 1. The van der Waals surface area contributed by atoms with Gasteiger partial charge in [0.2, 0.25) is 0 Å². The molecule has 0 unspecified atom stereocenters. The molecule has 0 amide bonds. The van der Waals surface area contributed by atoms with Crippen molar-refractivity contribution in [3.8, 4) is 28.4 Å². The molecule has 4 rings (SSSR count). The summed E-state index contributed by atoms with van der Waals surface area (Å²) in [5, 5.41) is 11.8. The Hall–Kier alpha value is -3.28. The largest absolute Gasteiger partial charge is 0.506 e. The van der Waals surface area contributed by atoms with E-state index in [1.807, 2.05) is 44.4 Å². The second-order valence-electron chi connectivity index (χ2n) is 7.38. The predicted octanol–water partition coefficient (Wildman–Crippen LogP) is 5.41. The van der Waals surface area contributed by atoms with Gasteiger partial charge in [0.25, 0.3) is 5.56 Å². The fourth-order valence-electron chi connectivity index (χ4n) is 3.40. The number of fused-ring (bicyclic) bond motifs is 1. The van der Waals surface area contributed by atoms with Gasteiger partial charge in [-0.1, -0.05) is 35.9 Å². The van der Waals surface area contributed by atoms with Gasteiger partial charge >= 0.3 is 0 Å². The van der Waals surface area contributed by atoms with Crippen LogP contribution in [-0.2, 0) is 6.54 Å². The van der Waals surface area contributed by atoms with Crippen LogP contribution in [0.25, 0.3) is 22.0 Å². The number of ether oxygens (including phenoxy) is 1. The minimum absolute atomic E-state index is 0.0874. The molecule has 0 radical (unpaired) electrons. The average Bonchev–Trinajstić information content (AvgIpc) is 2.69. The molecule has 30 heavy (non-hydrogen) atoms. The molecule has 0 aliphatic rings. The SMILES string of the molecule is CN(C)Cc1ccc(Oc2cccc(-c3c(O)c4ccc(Cl)cc4[nH]c3=O)c2)cc1. The molecule has 0 bridgehead atoms. The first-order chi connectivity index (χ1) is 14.4. The van der Waals surface area contributed by atoms with Crippen molar-refractivity contribution >= 4 is 22.5 Å². The number of rotatable bonds is 5. The fraction of sp³-hybridized carbons (Fsp3) is 0.125. The highest BCUT2D eigenvalue weighted by Crippen LogP contribution is 2.35. The second-order valence-corrected chi connectivity index (χ2v) is 7.82. The summed E-state index contributed by atoms with van der Waals surface area (Å²) in [7, 11) is 4.04. The van der Waals surface area contributed by atoms with E-state index in [1.54, 1.807) is 36.4 Å². The van der Waals surface area contributed by atoms with E-state index in [9.17, 15) is 9.90 Å². The van der Waals surface area contributed by atoms with Crippen LogP contribution in [0, 0.1) is 0 Å². The van der Waals surface area contributed by atoms with Gasteiger partial charge in [-0.15, -0.1) is 0 Å². The summed E-state index contributed by atoms with van der Waals surface area (Å²) in [6, 6.07) is 19.9. The maximum absolute atomic E-state index is 12.7. The number of hydrogen-bond donors (Lipinski definition) is 2. The number of pyridine rings is 1. The molecule has 0 fully saturated rings. The molecule has 4 aromatic rings. The number of nitrogens with zero attached hydrogens (tertiary/aromatic N) is 1. The van der Waals surface area contributed by atoms with Crippen LogP contribution in [0.5, 0.6) is 17.2 Å². The van der Waals surface area contributed by atoms with E-state index in [1.165, 1.54) is 5.56 Å². The number of halogens is 1. The van der Waals surface area contributed by atoms with Crippen molar-refractivity contribution in [2.75, 3.05) is 14.1 Å². The first-order valence-corrected chi connectivity index (χ1v) is 9.85. The Bertz CT molecular complexity index is 1260. The van der Waals surface area contributed by atoms with Gasteiger partial charge in [-0.2, -0.15) is 0 Å². The zero-order valence-electron chi connectivity index (χ0n) is 16.6. The standard InChI is InChI=1S/C24H21ClN2O3/c1-27(2)14-15-6-9-18(10-7-15)30-19-5-3-4-16(12-19)22-23(28)20-11-8-17(25)13-21(20)26-24(22)29/h3-13H,14H2,1-2H3,(H2,26,28,29). The number of benzene rings is 3. The summed E-state index contributed by atoms with van der Waals surface area (Å²) in [5.41, 5.74) is 2.03. The zero-order valence-corrected chi connectivity index (χ0v) is 17.4. The van der Waals surface area contributed by atoms with E-state index in [4.69, 9.17) is 16.3 Å². The van der Waals surface area contributed by atoms with Crippen LogP contribution in [-0.4, -0.2) is 29.1 Å². The van der Waals surface area contributed by atoms with Crippen molar-refractivity contribution < 1.29 is 9.84 Å². The summed E-state index contributed by atoms with van der Waals surface area (Å²) in [5.74, 6) is 1.18. The molecule has 2 N–H and O–H groups in total. The number of aromatic nitrogens is 1. The van der Waals surface area contributed by atoms with Gasteiger partial charge in [-0.3, -0.25) is 4.79 Å². The quantitative estimate of drug-likeness (QED) is 0.453. The van der Waals surface area contributed by atoms with Crippen molar-refractivity contribution in [1.82, 2.24) is 9.88 Å². The van der Waals surface area contributed by atoms with Gasteiger partial charge in [-0.05, 0) is 67.7 Å². The topological polar surface area (TPSA) is 65.6 Å². The highest BCUT2D eigenvalue weighted by atomic mass is 35.5. The summed E-state index contributed by atoms with van der Waals surface area (Å²) in [4.78, 5) is 17.5. The highest BCUT2D eigenvalue weighted by molar-refractivity contribution is 6.31. The molecule has 1 heterocycles. The lowest BCUT2D eigenvalue weighted by Crippen LogP contribution is -2.10. The maximum Gasteiger partial charge on any atom is 0.260 e. The fourth-order valence-corrected chi connectivity index (χ4v) is 3.57. The lowest BCUT2D eigenvalue weighted by Gasteiger charge is -2.12. The monoisotopic (exact) mass is 420 g/mol. The summed E-state index contributed by atoms with van der Waals surface area (Å²) < 4.78 is 5.96. The average molecular weight is 421 g/mol. The Morgan fingerprint density at radius 1 is 1.00 bits per heavy atom. The Morgan fingerprint density at radius 3 is 2.50 bits per heavy atom. The van der Waals surface area contributed by atoms with Crippen LogP contribution >= 0.6 is 11.6 Å². The lowest BCUT2D eigenvalue weighted by atomic mass is 10.0. The molecular weight excluding hydrogens is 400 g/mol. The third-order valence-corrected chi connectivity index (χ3v) is 4.96. The van der Waals surface area contributed by atoms with E-state index >= 15 is 0 Å².